The number of rotatable bonds is 7. The predicted octanol–water partition coefficient (Wildman–Crippen LogP) is 5.01. The molecule has 1 aliphatic carbocycles. The largest absolute Gasteiger partial charge is 0.486 e. The first-order chi connectivity index (χ1) is 13.9. The molecule has 0 unspecified atom stereocenters. The molecule has 2 aromatic heterocycles. The highest BCUT2D eigenvalue weighted by molar-refractivity contribution is 6.02. The average molecular weight is 393 g/mol. The molecule has 1 fully saturated rings. The highest BCUT2D eigenvalue weighted by Gasteiger charge is 2.22. The Morgan fingerprint density at radius 3 is 2.66 bits per heavy atom. The van der Waals surface area contributed by atoms with E-state index in [1.54, 1.807) is 18.3 Å². The first-order valence-electron chi connectivity index (χ1n) is 10.0. The zero-order valence-corrected chi connectivity index (χ0v) is 17.1. The molecule has 0 saturated heterocycles. The summed E-state index contributed by atoms with van der Waals surface area (Å²) in [5.74, 6) is 2.05. The molecule has 2 heterocycles. The molecule has 1 aromatic carbocycles. The molecule has 29 heavy (non-hydrogen) atoms. The fraction of sp³-hybridized carbons (Fsp3) is 0.391. The minimum absolute atomic E-state index is 0.107. The minimum Gasteiger partial charge on any atom is -0.486 e. The molecule has 1 amide bonds. The summed E-state index contributed by atoms with van der Waals surface area (Å²) >= 11 is 0. The van der Waals surface area contributed by atoms with Gasteiger partial charge >= 0.3 is 0 Å². The van der Waals surface area contributed by atoms with E-state index in [2.05, 4.69) is 43.3 Å². The Morgan fingerprint density at radius 2 is 1.97 bits per heavy atom. The van der Waals surface area contributed by atoms with Crippen molar-refractivity contribution in [3.8, 4) is 5.75 Å². The molecule has 0 atom stereocenters. The van der Waals surface area contributed by atoms with Gasteiger partial charge in [0.15, 0.2) is 5.76 Å². The Labute approximate surface area is 170 Å². The lowest BCUT2D eigenvalue weighted by Crippen LogP contribution is -2.10. The van der Waals surface area contributed by atoms with Crippen molar-refractivity contribution in [3.63, 3.8) is 0 Å². The Bertz CT molecular complexity index is 975. The molecule has 6 heteroatoms. The van der Waals surface area contributed by atoms with Crippen LogP contribution in [0.2, 0.25) is 0 Å². The summed E-state index contributed by atoms with van der Waals surface area (Å²) in [5.41, 5.74) is 2.03. The van der Waals surface area contributed by atoms with Crippen LogP contribution in [0.4, 0.5) is 5.69 Å². The number of nitrogens with one attached hydrogen (secondary N) is 1. The summed E-state index contributed by atoms with van der Waals surface area (Å²) in [6.07, 6.45) is 6.04. The number of anilines is 1. The first kappa shape index (κ1) is 19.3. The third kappa shape index (κ3) is 5.08. The van der Waals surface area contributed by atoms with Crippen molar-refractivity contribution >= 4 is 11.6 Å². The molecule has 152 valence electrons. The van der Waals surface area contributed by atoms with Gasteiger partial charge < -0.3 is 14.5 Å². The number of furan rings is 1. The molecule has 0 radical (unpaired) electrons. The topological polar surface area (TPSA) is 69.3 Å². The number of aromatic nitrogens is 2. The van der Waals surface area contributed by atoms with Gasteiger partial charge in [-0.3, -0.25) is 9.48 Å². The smallest absolute Gasteiger partial charge is 0.291 e. The number of amides is 1. The van der Waals surface area contributed by atoms with Crippen LogP contribution in [0.3, 0.4) is 0 Å². The number of benzene rings is 1. The summed E-state index contributed by atoms with van der Waals surface area (Å²) in [7, 11) is 0. The zero-order chi connectivity index (χ0) is 20.4. The molecule has 3 aromatic rings. The SMILES string of the molecule is CC(C)(C)c1ccc(OCc2ccc(C(=O)Nc3cnn(CC4CC4)c3)o2)cc1. The molecule has 1 N–H and O–H groups in total. The van der Waals surface area contributed by atoms with Gasteiger partial charge in [-0.15, -0.1) is 0 Å². The van der Waals surface area contributed by atoms with Gasteiger partial charge in [0.2, 0.25) is 0 Å². The van der Waals surface area contributed by atoms with Crippen molar-refractivity contribution in [1.29, 1.82) is 0 Å². The van der Waals surface area contributed by atoms with Gasteiger partial charge in [0.1, 0.15) is 18.1 Å². The molecule has 4 rings (SSSR count). The second-order valence-corrected chi connectivity index (χ2v) is 8.68. The van der Waals surface area contributed by atoms with Crippen LogP contribution in [0.15, 0.2) is 53.2 Å². The van der Waals surface area contributed by atoms with E-state index in [9.17, 15) is 4.79 Å². The van der Waals surface area contributed by atoms with Crippen LogP contribution >= 0.6 is 0 Å². The van der Waals surface area contributed by atoms with Gasteiger partial charge in [0.25, 0.3) is 5.91 Å². The van der Waals surface area contributed by atoms with Gasteiger partial charge in [-0.2, -0.15) is 5.10 Å². The molecule has 1 aliphatic rings. The highest BCUT2D eigenvalue weighted by Crippen LogP contribution is 2.30. The summed E-state index contributed by atoms with van der Waals surface area (Å²) in [6.45, 7) is 7.71. The van der Waals surface area contributed by atoms with E-state index in [1.165, 1.54) is 18.4 Å². The van der Waals surface area contributed by atoms with E-state index in [0.717, 1.165) is 18.2 Å². The predicted molar refractivity (Wildman–Crippen MR) is 111 cm³/mol. The van der Waals surface area contributed by atoms with Crippen LogP contribution in [0.1, 0.15) is 55.5 Å². The van der Waals surface area contributed by atoms with Crippen LogP contribution < -0.4 is 10.1 Å². The second-order valence-electron chi connectivity index (χ2n) is 8.68. The maximum absolute atomic E-state index is 12.4. The van der Waals surface area contributed by atoms with E-state index in [1.807, 2.05) is 23.0 Å². The van der Waals surface area contributed by atoms with E-state index in [-0.39, 0.29) is 23.7 Å². The van der Waals surface area contributed by atoms with Gasteiger partial charge in [0.05, 0.1) is 11.9 Å². The van der Waals surface area contributed by atoms with E-state index in [4.69, 9.17) is 9.15 Å². The van der Waals surface area contributed by atoms with Gasteiger partial charge in [-0.1, -0.05) is 32.9 Å². The van der Waals surface area contributed by atoms with Crippen molar-refractivity contribution in [2.24, 2.45) is 5.92 Å². The van der Waals surface area contributed by atoms with Crippen LogP contribution in [0.5, 0.6) is 5.75 Å². The van der Waals surface area contributed by atoms with Crippen molar-refractivity contribution in [2.45, 2.75) is 52.2 Å². The summed E-state index contributed by atoms with van der Waals surface area (Å²) < 4.78 is 13.3. The molecule has 0 aliphatic heterocycles. The summed E-state index contributed by atoms with van der Waals surface area (Å²) in [5, 5.41) is 7.11. The van der Waals surface area contributed by atoms with Crippen LogP contribution in [-0.2, 0) is 18.6 Å². The standard InChI is InChI=1S/C23H27N3O3/c1-23(2,3)17-6-8-19(9-7-17)28-15-20-10-11-21(29-20)22(27)25-18-12-24-26(14-18)13-16-4-5-16/h6-12,14,16H,4-5,13,15H2,1-3H3,(H,25,27). The molecular formula is C23H27N3O3. The fourth-order valence-corrected chi connectivity index (χ4v) is 3.07. The van der Waals surface area contributed by atoms with Crippen molar-refractivity contribution in [3.05, 3.63) is 65.9 Å². The third-order valence-electron chi connectivity index (χ3n) is 5.02. The lowest BCUT2D eigenvalue weighted by Gasteiger charge is -2.19. The molecule has 0 bridgehead atoms. The number of carbonyl (C=O) groups excluding carboxylic acids is 1. The number of hydrogen-bond acceptors (Lipinski definition) is 4. The molecular weight excluding hydrogens is 366 g/mol. The number of ether oxygens (including phenoxy) is 1. The molecule has 0 spiro atoms. The first-order valence-corrected chi connectivity index (χ1v) is 10.0. The van der Waals surface area contributed by atoms with Crippen LogP contribution in [0.25, 0.3) is 0 Å². The zero-order valence-electron chi connectivity index (χ0n) is 17.1. The average Bonchev–Trinajstić information content (AvgIpc) is 3.18. The lowest BCUT2D eigenvalue weighted by atomic mass is 9.87. The number of carbonyl (C=O) groups is 1. The van der Waals surface area contributed by atoms with Crippen molar-refractivity contribution in [1.82, 2.24) is 9.78 Å². The van der Waals surface area contributed by atoms with Crippen LogP contribution in [-0.4, -0.2) is 15.7 Å². The van der Waals surface area contributed by atoms with Crippen molar-refractivity contribution in [2.75, 3.05) is 5.32 Å². The van der Waals surface area contributed by atoms with E-state index < -0.39 is 0 Å². The summed E-state index contributed by atoms with van der Waals surface area (Å²) in [6, 6.07) is 11.5. The Morgan fingerprint density at radius 1 is 1.21 bits per heavy atom. The normalized spacial score (nSPS) is 14.0. The lowest BCUT2D eigenvalue weighted by molar-refractivity contribution is 0.0992. The van der Waals surface area contributed by atoms with E-state index in [0.29, 0.717) is 11.4 Å². The molecule has 6 nitrogen and oxygen atoms in total. The Balaban J connectivity index is 1.30. The maximum atomic E-state index is 12.4. The minimum atomic E-state index is -0.295. The maximum Gasteiger partial charge on any atom is 0.291 e. The second kappa shape index (κ2) is 7.78. The van der Waals surface area contributed by atoms with E-state index >= 15 is 0 Å². The monoisotopic (exact) mass is 393 g/mol. The Kier molecular flexibility index (Phi) is 5.18. The fourth-order valence-electron chi connectivity index (χ4n) is 3.07. The summed E-state index contributed by atoms with van der Waals surface area (Å²) in [4.78, 5) is 12.4. The highest BCUT2D eigenvalue weighted by atomic mass is 16.5. The van der Waals surface area contributed by atoms with Crippen LogP contribution in [0, 0.1) is 5.92 Å². The quantitative estimate of drug-likeness (QED) is 0.612. The number of hydrogen-bond donors (Lipinski definition) is 1. The van der Waals surface area contributed by atoms with Gasteiger partial charge in [0, 0.05) is 12.7 Å². The van der Waals surface area contributed by atoms with Crippen molar-refractivity contribution < 1.29 is 13.9 Å². The Hall–Kier alpha value is -3.02. The number of nitrogens with zero attached hydrogens (tertiary/aromatic N) is 2. The van der Waals surface area contributed by atoms with Gasteiger partial charge in [-0.05, 0) is 54.0 Å². The van der Waals surface area contributed by atoms with Gasteiger partial charge in [-0.25, -0.2) is 0 Å². The molecule has 1 saturated carbocycles. The third-order valence-corrected chi connectivity index (χ3v) is 5.02.